The van der Waals surface area contributed by atoms with Crippen LogP contribution in [0, 0.1) is 0 Å². The Kier molecular flexibility index (Phi) is 5.89. The van der Waals surface area contributed by atoms with Gasteiger partial charge in [-0.25, -0.2) is 13.1 Å². The predicted octanol–water partition coefficient (Wildman–Crippen LogP) is 1.97. The van der Waals surface area contributed by atoms with Gasteiger partial charge in [0.2, 0.25) is 10.0 Å². The average molecular weight is 314 g/mol. The van der Waals surface area contributed by atoms with E-state index in [2.05, 4.69) is 17.0 Å². The molecule has 0 bridgehead atoms. The molecule has 0 aliphatic carbocycles. The van der Waals surface area contributed by atoms with Gasteiger partial charge in [0.15, 0.2) is 0 Å². The van der Waals surface area contributed by atoms with Crippen LogP contribution in [0.5, 0.6) is 0 Å². The topological polar surface area (TPSA) is 58.2 Å². The van der Waals surface area contributed by atoms with Crippen molar-refractivity contribution in [3.05, 3.63) is 29.8 Å². The Morgan fingerprint density at radius 1 is 1.30 bits per heavy atom. The summed E-state index contributed by atoms with van der Waals surface area (Å²) in [7, 11) is -3.37. The highest BCUT2D eigenvalue weighted by Gasteiger charge is 2.22. The Bertz CT molecular complexity index is 508. The minimum absolute atomic E-state index is 0.0795. The molecule has 112 valence electrons. The molecule has 0 radical (unpaired) electrons. The van der Waals surface area contributed by atoms with Crippen molar-refractivity contribution in [3.8, 4) is 0 Å². The van der Waals surface area contributed by atoms with E-state index in [9.17, 15) is 8.42 Å². The van der Waals surface area contributed by atoms with Crippen molar-refractivity contribution >= 4 is 21.8 Å². The van der Waals surface area contributed by atoms with E-state index in [4.69, 9.17) is 0 Å². The maximum atomic E-state index is 12.2. The van der Waals surface area contributed by atoms with Crippen molar-refractivity contribution in [2.24, 2.45) is 0 Å². The first-order valence-electron chi connectivity index (χ1n) is 7.01. The molecule has 1 aromatic rings. The van der Waals surface area contributed by atoms with Gasteiger partial charge >= 0.3 is 0 Å². The number of benzene rings is 1. The number of rotatable bonds is 7. The monoisotopic (exact) mass is 314 g/mol. The van der Waals surface area contributed by atoms with Crippen LogP contribution in [0.25, 0.3) is 0 Å². The van der Waals surface area contributed by atoms with Crippen LogP contribution in [-0.2, 0) is 16.6 Å². The number of hydrogen-bond donors (Lipinski definition) is 2. The van der Waals surface area contributed by atoms with Gasteiger partial charge in [0.1, 0.15) is 0 Å². The molecule has 1 heterocycles. The molecule has 1 unspecified atom stereocenters. The summed E-state index contributed by atoms with van der Waals surface area (Å²) in [5.41, 5.74) is 1.11. The van der Waals surface area contributed by atoms with E-state index in [-0.39, 0.29) is 6.04 Å². The first kappa shape index (κ1) is 15.8. The Morgan fingerprint density at radius 3 is 2.65 bits per heavy atom. The van der Waals surface area contributed by atoms with Crippen LogP contribution in [0.1, 0.15) is 25.3 Å². The van der Waals surface area contributed by atoms with E-state index in [0.29, 0.717) is 4.90 Å². The normalized spacial score (nSPS) is 19.4. The number of nitrogens with one attached hydrogen (secondary N) is 2. The van der Waals surface area contributed by atoms with Gasteiger partial charge < -0.3 is 5.32 Å². The first-order chi connectivity index (χ1) is 9.62. The summed E-state index contributed by atoms with van der Waals surface area (Å²) in [6, 6.07) is 7.21. The second-order valence-corrected chi connectivity index (χ2v) is 7.87. The summed E-state index contributed by atoms with van der Waals surface area (Å²) in [5.74, 6) is 1.91. The first-order valence-corrected chi connectivity index (χ1v) is 9.65. The summed E-state index contributed by atoms with van der Waals surface area (Å²) in [6.07, 6.45) is 2.01. The highest BCUT2D eigenvalue weighted by molar-refractivity contribution is 7.99. The molecule has 20 heavy (non-hydrogen) atoms. The SMILES string of the molecule is CCCNCc1ccc(S(=O)(=O)NC2CCSC2)cc1. The van der Waals surface area contributed by atoms with Crippen molar-refractivity contribution in [1.29, 1.82) is 0 Å². The molecular formula is C14H22N2O2S2. The smallest absolute Gasteiger partial charge is 0.240 e. The number of thioether (sulfide) groups is 1. The van der Waals surface area contributed by atoms with Gasteiger partial charge in [0.05, 0.1) is 4.90 Å². The molecule has 1 aromatic carbocycles. The molecule has 1 saturated heterocycles. The Morgan fingerprint density at radius 2 is 2.05 bits per heavy atom. The molecule has 1 fully saturated rings. The van der Waals surface area contributed by atoms with Gasteiger partial charge in [-0.2, -0.15) is 11.8 Å². The van der Waals surface area contributed by atoms with Gasteiger partial charge in [-0.15, -0.1) is 0 Å². The van der Waals surface area contributed by atoms with Gasteiger partial charge in [-0.3, -0.25) is 0 Å². The zero-order valence-corrected chi connectivity index (χ0v) is 13.4. The van der Waals surface area contributed by atoms with Crippen LogP contribution in [0.4, 0.5) is 0 Å². The Labute approximate surface area is 125 Å². The molecule has 0 spiro atoms. The van der Waals surface area contributed by atoms with Crippen LogP contribution in [0.15, 0.2) is 29.2 Å². The summed E-state index contributed by atoms with van der Waals surface area (Å²) in [6.45, 7) is 3.87. The maximum Gasteiger partial charge on any atom is 0.240 e. The largest absolute Gasteiger partial charge is 0.313 e. The van der Waals surface area contributed by atoms with Crippen LogP contribution < -0.4 is 10.0 Å². The van der Waals surface area contributed by atoms with Gasteiger partial charge in [-0.05, 0) is 42.8 Å². The molecule has 1 aliphatic heterocycles. The van der Waals surface area contributed by atoms with Crippen molar-refractivity contribution in [2.75, 3.05) is 18.1 Å². The summed E-state index contributed by atoms with van der Waals surface area (Å²) in [4.78, 5) is 0.355. The summed E-state index contributed by atoms with van der Waals surface area (Å²) in [5, 5.41) is 3.30. The molecule has 1 aliphatic rings. The van der Waals surface area contributed by atoms with E-state index in [1.54, 1.807) is 23.9 Å². The quantitative estimate of drug-likeness (QED) is 0.756. The van der Waals surface area contributed by atoms with E-state index in [0.717, 1.165) is 43.0 Å². The lowest BCUT2D eigenvalue weighted by atomic mass is 10.2. The Hall–Kier alpha value is -0.560. The van der Waals surface area contributed by atoms with Crippen LogP contribution in [0.2, 0.25) is 0 Å². The molecule has 4 nitrogen and oxygen atoms in total. The van der Waals surface area contributed by atoms with Crippen molar-refractivity contribution in [3.63, 3.8) is 0 Å². The Balaban J connectivity index is 1.97. The molecule has 2 N–H and O–H groups in total. The highest BCUT2D eigenvalue weighted by atomic mass is 32.2. The zero-order valence-electron chi connectivity index (χ0n) is 11.8. The zero-order chi connectivity index (χ0) is 14.4. The fourth-order valence-electron chi connectivity index (χ4n) is 2.11. The van der Waals surface area contributed by atoms with Crippen molar-refractivity contribution in [2.45, 2.75) is 37.2 Å². The van der Waals surface area contributed by atoms with Gasteiger partial charge in [0.25, 0.3) is 0 Å². The van der Waals surface area contributed by atoms with Crippen LogP contribution in [0.3, 0.4) is 0 Å². The lowest BCUT2D eigenvalue weighted by Crippen LogP contribution is -2.34. The lowest BCUT2D eigenvalue weighted by molar-refractivity contribution is 0.563. The molecule has 1 atom stereocenters. The molecule has 6 heteroatoms. The lowest BCUT2D eigenvalue weighted by Gasteiger charge is -2.12. The van der Waals surface area contributed by atoms with E-state index in [1.165, 1.54) is 0 Å². The highest BCUT2D eigenvalue weighted by Crippen LogP contribution is 2.19. The van der Waals surface area contributed by atoms with Crippen LogP contribution in [-0.4, -0.2) is 32.5 Å². The van der Waals surface area contributed by atoms with E-state index < -0.39 is 10.0 Å². The maximum absolute atomic E-state index is 12.2. The fraction of sp³-hybridized carbons (Fsp3) is 0.571. The van der Waals surface area contributed by atoms with E-state index in [1.807, 2.05) is 12.1 Å². The van der Waals surface area contributed by atoms with Gasteiger partial charge in [0, 0.05) is 18.3 Å². The molecule has 0 saturated carbocycles. The second-order valence-electron chi connectivity index (χ2n) is 5.00. The third-order valence-electron chi connectivity index (χ3n) is 3.24. The fourth-order valence-corrected chi connectivity index (χ4v) is 4.64. The predicted molar refractivity (Wildman–Crippen MR) is 84.5 cm³/mol. The van der Waals surface area contributed by atoms with Crippen molar-refractivity contribution < 1.29 is 8.42 Å². The number of sulfonamides is 1. The van der Waals surface area contributed by atoms with E-state index >= 15 is 0 Å². The average Bonchev–Trinajstić information content (AvgIpc) is 2.92. The third-order valence-corrected chi connectivity index (χ3v) is 5.94. The minimum Gasteiger partial charge on any atom is -0.313 e. The summed E-state index contributed by atoms with van der Waals surface area (Å²) >= 11 is 1.80. The van der Waals surface area contributed by atoms with Crippen LogP contribution >= 0.6 is 11.8 Å². The molecule has 2 rings (SSSR count). The molecular weight excluding hydrogens is 292 g/mol. The summed E-state index contributed by atoms with van der Waals surface area (Å²) < 4.78 is 27.2. The van der Waals surface area contributed by atoms with Gasteiger partial charge in [-0.1, -0.05) is 19.1 Å². The number of hydrogen-bond acceptors (Lipinski definition) is 4. The third kappa shape index (κ3) is 4.48. The molecule has 0 aromatic heterocycles. The minimum atomic E-state index is -3.37. The molecule has 0 amide bonds. The second kappa shape index (κ2) is 7.45. The van der Waals surface area contributed by atoms with Crippen molar-refractivity contribution in [1.82, 2.24) is 10.0 Å². The standard InChI is InChI=1S/C14H22N2O2S2/c1-2-8-15-10-12-3-5-14(6-4-12)20(17,18)16-13-7-9-19-11-13/h3-6,13,15-16H,2,7-11H2,1H3.